The van der Waals surface area contributed by atoms with Crippen molar-refractivity contribution in [1.82, 2.24) is 0 Å². The monoisotopic (exact) mass is 425 g/mol. The van der Waals surface area contributed by atoms with Gasteiger partial charge in [0.25, 0.3) is 5.69 Å². The minimum absolute atomic E-state index is 0.219. The van der Waals surface area contributed by atoms with Crippen LogP contribution < -0.4 is 14.3 Å². The third-order valence-corrected chi connectivity index (χ3v) is 3.24. The van der Waals surface area contributed by atoms with Gasteiger partial charge in [-0.1, -0.05) is 0 Å². The van der Waals surface area contributed by atoms with Crippen molar-refractivity contribution in [2.75, 3.05) is 68.6 Å². The van der Waals surface area contributed by atoms with Gasteiger partial charge in [-0.2, -0.15) is 0 Å². The highest BCUT2D eigenvalue weighted by Crippen LogP contribution is 2.29. The molecule has 1 rings (SSSR count). The van der Waals surface area contributed by atoms with Crippen molar-refractivity contribution in [2.24, 2.45) is 0 Å². The Morgan fingerprint density at radius 1 is 0.929 bits per heavy atom. The lowest BCUT2D eigenvalue weighted by atomic mass is 10.3. The summed E-state index contributed by atoms with van der Waals surface area (Å²) in [4.78, 5) is 29.8. The van der Waals surface area contributed by atoms with Gasteiger partial charge in [0, 0.05) is 12.1 Å². The van der Waals surface area contributed by atoms with Gasteiger partial charge >= 0.3 is 0 Å². The number of non-ortho nitro benzene ring substituents is 1. The van der Waals surface area contributed by atoms with E-state index in [4.69, 9.17) is 10.2 Å². The maximum Gasteiger partial charge on any atom is 0.269 e. The van der Waals surface area contributed by atoms with E-state index >= 15 is 0 Å². The van der Waals surface area contributed by atoms with Gasteiger partial charge in [-0.15, -0.1) is 0 Å². The van der Waals surface area contributed by atoms with Gasteiger partial charge in [0.2, 0.25) is 0 Å². The Morgan fingerprint density at radius 2 is 1.29 bits per heavy atom. The van der Waals surface area contributed by atoms with Gasteiger partial charge in [-0.3, -0.25) is 10.1 Å². The normalized spacial score (nSPS) is 11.5. The van der Waals surface area contributed by atoms with Crippen molar-refractivity contribution in [2.45, 2.75) is 0 Å². The molecule has 0 heterocycles. The minimum atomic E-state index is -5.10. The van der Waals surface area contributed by atoms with E-state index < -0.39 is 12.7 Å². The number of rotatable bonds is 7. The average molecular weight is 425 g/mol. The molecule has 0 atom stereocenters. The number of quaternary nitrogens is 2. The second kappa shape index (κ2) is 12.8. The second-order valence-corrected chi connectivity index (χ2v) is 8.84. The van der Waals surface area contributed by atoms with E-state index in [2.05, 4.69) is 46.8 Å². The lowest BCUT2D eigenvalue weighted by Crippen LogP contribution is -2.36. The van der Waals surface area contributed by atoms with Crippen LogP contribution in [-0.4, -0.2) is 92.7 Å². The predicted molar refractivity (Wildman–Crippen MR) is 101 cm³/mol. The molecule has 0 spiro atoms. The summed E-state index contributed by atoms with van der Waals surface area (Å²) >= 11 is 0. The summed E-state index contributed by atoms with van der Waals surface area (Å²) in [7, 11) is 7.21. The number of nitro groups is 1. The Bertz CT molecular complexity index is 590. The molecule has 164 valence electrons. The van der Waals surface area contributed by atoms with Gasteiger partial charge in [-0.25, -0.2) is 0 Å². The summed E-state index contributed by atoms with van der Waals surface area (Å²) in [5.41, 5.74) is -0.219. The molecule has 1 aromatic carbocycles. The second-order valence-electron chi connectivity index (χ2n) is 7.76. The summed E-state index contributed by atoms with van der Waals surface area (Å²) in [5, 5.41) is 27.0. The Morgan fingerprint density at radius 3 is 1.46 bits per heavy atom. The van der Waals surface area contributed by atoms with Gasteiger partial charge in [0.1, 0.15) is 26.7 Å². The number of hydrogen-bond donors (Lipinski definition) is 2. The van der Waals surface area contributed by atoms with Gasteiger partial charge in [-0.05, 0) is 12.1 Å². The largest absolute Gasteiger partial charge is 0.780 e. The number of nitrogens with zero attached hydrogens (tertiary/aromatic N) is 3. The van der Waals surface area contributed by atoms with Crippen LogP contribution in [0.3, 0.4) is 0 Å². The van der Waals surface area contributed by atoms with Crippen molar-refractivity contribution in [3.8, 4) is 5.75 Å². The number of hydrogen-bond acceptors (Lipinski definition) is 8. The molecule has 1 aromatic rings. The van der Waals surface area contributed by atoms with Crippen LogP contribution in [0.2, 0.25) is 0 Å². The van der Waals surface area contributed by atoms with E-state index in [1.807, 2.05) is 0 Å². The van der Waals surface area contributed by atoms with E-state index in [0.717, 1.165) is 46.3 Å². The fourth-order valence-electron chi connectivity index (χ4n) is 1.36. The Kier molecular flexibility index (Phi) is 13.1. The Hall–Kier alpha value is -1.59. The number of likely N-dealkylation sites (N-methyl/N-ethyl adjacent to an activating group) is 2. The van der Waals surface area contributed by atoms with E-state index in [9.17, 15) is 24.5 Å². The van der Waals surface area contributed by atoms with E-state index in [0.29, 0.717) is 0 Å². The molecule has 0 bridgehead atoms. The lowest BCUT2D eigenvalue weighted by Gasteiger charge is -2.28. The van der Waals surface area contributed by atoms with E-state index in [1.165, 1.54) is 0 Å². The molecule has 0 radical (unpaired) electrons. The summed E-state index contributed by atoms with van der Waals surface area (Å²) < 4.78 is 15.8. The number of nitro benzene ring substituents is 1. The fourth-order valence-corrected chi connectivity index (χ4v) is 1.74. The molecule has 0 amide bonds. The van der Waals surface area contributed by atoms with Crippen LogP contribution in [0.25, 0.3) is 0 Å². The molecule has 2 N–H and O–H groups in total. The highest BCUT2D eigenvalue weighted by molar-refractivity contribution is 7.43. The summed E-state index contributed by atoms with van der Waals surface area (Å²) in [6, 6.07) is 4.12. The smallest absolute Gasteiger partial charge is 0.269 e. The number of benzene rings is 1. The van der Waals surface area contributed by atoms with E-state index in [-0.39, 0.29) is 24.7 Å². The van der Waals surface area contributed by atoms with Crippen LogP contribution in [0.5, 0.6) is 5.75 Å². The molecule has 12 heteroatoms. The zero-order valence-electron chi connectivity index (χ0n) is 17.3. The first-order valence-corrected chi connectivity index (χ1v) is 9.75. The zero-order chi connectivity index (χ0) is 22.6. The van der Waals surface area contributed by atoms with Crippen molar-refractivity contribution >= 4 is 13.5 Å². The molecule has 0 aromatic heterocycles. The first-order chi connectivity index (χ1) is 12.5. The molecule has 0 aliphatic carbocycles. The van der Waals surface area contributed by atoms with Crippen LogP contribution in [0.1, 0.15) is 0 Å². The zero-order valence-corrected chi connectivity index (χ0v) is 18.2. The highest BCUT2D eigenvalue weighted by Gasteiger charge is 2.05. The van der Waals surface area contributed by atoms with Crippen molar-refractivity contribution in [1.29, 1.82) is 0 Å². The first-order valence-electron chi connectivity index (χ1n) is 8.29. The maximum atomic E-state index is 10.2. The van der Waals surface area contributed by atoms with Crippen LogP contribution in [0.4, 0.5) is 5.69 Å². The molecule has 0 saturated heterocycles. The average Bonchev–Trinajstić information content (AvgIpc) is 2.44. The maximum absolute atomic E-state index is 10.2. The van der Waals surface area contributed by atoms with Gasteiger partial charge < -0.3 is 38.1 Å². The van der Waals surface area contributed by atoms with Crippen molar-refractivity contribution in [3.05, 3.63) is 34.4 Å². The minimum Gasteiger partial charge on any atom is -0.780 e. The first kappa shape index (κ1) is 28.6. The predicted octanol–water partition coefficient (Wildman–Crippen LogP) is -0.828. The van der Waals surface area contributed by atoms with Crippen LogP contribution in [0.15, 0.2) is 24.3 Å². The molecule has 28 heavy (non-hydrogen) atoms. The summed E-state index contributed by atoms with van der Waals surface area (Å²) in [5.74, 6) is -0.246. The summed E-state index contributed by atoms with van der Waals surface area (Å²) in [6.07, 6.45) is 0. The highest BCUT2D eigenvalue weighted by atomic mass is 31.2. The third kappa shape index (κ3) is 20.7. The molecule has 11 nitrogen and oxygen atoms in total. The number of phosphoric acid groups is 1. The SMILES string of the molecule is C[N+](C)(C)CCO.C[N+](C)(C)CCO.O=[N+]([O-])c1ccc(OP(=O)([O-])[O-])cc1. The number of aliphatic hydroxyl groups is 2. The third-order valence-electron chi connectivity index (χ3n) is 2.81. The van der Waals surface area contributed by atoms with Crippen LogP contribution >= 0.6 is 7.82 Å². The van der Waals surface area contributed by atoms with Gasteiger partial charge in [0.15, 0.2) is 0 Å². The number of aliphatic hydroxyl groups excluding tert-OH is 2. The van der Waals surface area contributed by atoms with E-state index in [1.54, 1.807) is 0 Å². The standard InChI is InChI=1S/C6H6NO6P.2C5H14NO/c8-7(9)5-1-3-6(4-2-5)13-14(10,11)12;2*1-6(2,3)4-5-7/h1-4H,(H2,10,11,12);2*7H,4-5H2,1-3H3/q;2*+1/p-2. The number of phosphoric ester groups is 1. The molecular formula is C16H32N3O8P. The Balaban J connectivity index is 0. The molecule has 0 aliphatic rings. The molecule has 0 saturated carbocycles. The lowest BCUT2D eigenvalue weighted by molar-refractivity contribution is -0.870. The quantitative estimate of drug-likeness (QED) is 0.248. The van der Waals surface area contributed by atoms with Crippen LogP contribution in [0, 0.1) is 10.1 Å². The topological polar surface area (TPSA) is 156 Å². The fraction of sp³-hybridized carbons (Fsp3) is 0.625. The molecular weight excluding hydrogens is 393 g/mol. The molecule has 0 fully saturated rings. The van der Waals surface area contributed by atoms with Crippen LogP contribution in [-0.2, 0) is 4.57 Å². The van der Waals surface area contributed by atoms with Crippen molar-refractivity contribution < 1.29 is 43.0 Å². The van der Waals surface area contributed by atoms with Crippen molar-refractivity contribution in [3.63, 3.8) is 0 Å². The Labute approximate surface area is 166 Å². The summed E-state index contributed by atoms with van der Waals surface area (Å²) in [6.45, 7) is 2.23. The molecule has 0 unspecified atom stereocenters. The molecule has 0 aliphatic heterocycles. The van der Waals surface area contributed by atoms with Gasteiger partial charge in [0.05, 0.1) is 60.4 Å².